The second kappa shape index (κ2) is 5.76. The van der Waals surface area contributed by atoms with E-state index < -0.39 is 0 Å². The Bertz CT molecular complexity index is 305. The minimum Gasteiger partial charge on any atom is -0.314 e. The minimum atomic E-state index is -0.268. The van der Waals surface area contributed by atoms with Crippen molar-refractivity contribution in [3.05, 3.63) is 11.4 Å². The number of carbonyl (C=O) groups is 1. The van der Waals surface area contributed by atoms with Gasteiger partial charge in [0, 0.05) is 6.42 Å². The monoisotopic (exact) mass is 179 g/mol. The zero-order valence-corrected chi connectivity index (χ0v) is 7.42. The molecule has 0 rings (SSSR count). The number of carbonyl (C=O) groups excluding carboxylic acids is 1. The highest BCUT2D eigenvalue weighted by Gasteiger charge is 2.08. The summed E-state index contributed by atoms with van der Waals surface area (Å²) in [4.78, 5) is 11.0. The Morgan fingerprint density at radius 2 is 2.08 bits per heavy atom. The highest BCUT2D eigenvalue weighted by molar-refractivity contribution is 5.78. The lowest BCUT2D eigenvalue weighted by molar-refractivity contribution is -0.294. The lowest BCUT2D eigenvalue weighted by Crippen LogP contribution is -2.49. The number of nitrogens with zero attached hydrogens (tertiary/aromatic N) is 2. The number of hydrogen-bond donors (Lipinski definition) is 2. The van der Waals surface area contributed by atoms with Gasteiger partial charge in [0.15, 0.2) is 11.8 Å². The van der Waals surface area contributed by atoms with Crippen LogP contribution in [0.1, 0.15) is 19.8 Å². The van der Waals surface area contributed by atoms with Gasteiger partial charge in [-0.1, -0.05) is 6.92 Å². The molecule has 0 saturated heterocycles. The van der Waals surface area contributed by atoms with E-state index in [0.717, 1.165) is 0 Å². The van der Waals surface area contributed by atoms with E-state index in [2.05, 4.69) is 11.1 Å². The molecule has 13 heavy (non-hydrogen) atoms. The van der Waals surface area contributed by atoms with Gasteiger partial charge in [-0.05, 0) is 6.42 Å². The first-order valence-corrected chi connectivity index (χ1v) is 3.82. The van der Waals surface area contributed by atoms with Crippen LogP contribution in [0.2, 0.25) is 0 Å². The smallest absolute Gasteiger partial charge is 0.240 e. The summed E-state index contributed by atoms with van der Waals surface area (Å²) in [5, 5.41) is 19.3. The molecule has 0 saturated carbocycles. The van der Waals surface area contributed by atoms with E-state index >= 15 is 0 Å². The molecule has 0 aromatic rings. The third-order valence-corrected chi connectivity index (χ3v) is 1.29. The number of quaternary nitrogens is 1. The summed E-state index contributed by atoms with van der Waals surface area (Å²) in [6.45, 7) is 1.85. The molecule has 0 heterocycles. The van der Waals surface area contributed by atoms with Crippen molar-refractivity contribution in [3.63, 3.8) is 0 Å². The van der Waals surface area contributed by atoms with Gasteiger partial charge in [0.1, 0.15) is 6.07 Å². The van der Waals surface area contributed by atoms with E-state index in [9.17, 15) is 4.79 Å². The topological polar surface area (TPSA) is 104 Å². The zero-order valence-electron chi connectivity index (χ0n) is 7.42. The highest BCUT2D eigenvalue weighted by atomic mass is 16.1. The van der Waals surface area contributed by atoms with E-state index in [1.807, 2.05) is 6.92 Å². The van der Waals surface area contributed by atoms with Crippen molar-refractivity contribution < 1.29 is 10.5 Å². The first-order valence-electron chi connectivity index (χ1n) is 3.82. The molecule has 0 aliphatic carbocycles. The number of nitriles is 2. The van der Waals surface area contributed by atoms with Crippen LogP contribution in [0.15, 0.2) is 11.4 Å². The SMILES string of the molecule is CCCC(=O)NC(C#N)=C([NH3+])C#N. The largest absolute Gasteiger partial charge is 0.314 e. The maximum atomic E-state index is 11.0. The van der Waals surface area contributed by atoms with Gasteiger partial charge < -0.3 is 11.1 Å². The Hall–Kier alpha value is -1.85. The Kier molecular flexibility index (Phi) is 4.94. The van der Waals surface area contributed by atoms with Gasteiger partial charge in [0.2, 0.25) is 11.6 Å². The van der Waals surface area contributed by atoms with Crippen molar-refractivity contribution in [2.75, 3.05) is 0 Å². The maximum Gasteiger partial charge on any atom is 0.240 e. The standard InChI is InChI=1S/C8H10N4O/c1-2-3-8(13)12-7(5-10)6(11)4-9/h2-3,11H2,1H3,(H,12,13)/p+1. The molecule has 68 valence electrons. The second-order valence-corrected chi connectivity index (χ2v) is 2.38. The van der Waals surface area contributed by atoms with Crippen molar-refractivity contribution in [2.24, 2.45) is 0 Å². The number of nitrogens with one attached hydrogen (secondary N) is 1. The van der Waals surface area contributed by atoms with Gasteiger partial charge >= 0.3 is 0 Å². The van der Waals surface area contributed by atoms with Crippen molar-refractivity contribution in [2.45, 2.75) is 19.8 Å². The summed E-state index contributed by atoms with van der Waals surface area (Å²) in [5.41, 5.74) is 3.23. The summed E-state index contributed by atoms with van der Waals surface area (Å²) in [5.74, 6) is -0.268. The average Bonchev–Trinajstić information content (AvgIpc) is 2.13. The Balaban J connectivity index is 4.44. The fourth-order valence-electron chi connectivity index (χ4n) is 0.656. The van der Waals surface area contributed by atoms with Crippen molar-refractivity contribution >= 4 is 5.91 Å². The summed E-state index contributed by atoms with van der Waals surface area (Å²) in [7, 11) is 0. The van der Waals surface area contributed by atoms with E-state index in [0.29, 0.717) is 12.8 Å². The van der Waals surface area contributed by atoms with Crippen LogP contribution in [0.4, 0.5) is 0 Å². The summed E-state index contributed by atoms with van der Waals surface area (Å²) in [6.07, 6.45) is 1.04. The van der Waals surface area contributed by atoms with Crippen LogP contribution in [-0.4, -0.2) is 5.91 Å². The molecule has 0 fully saturated rings. The highest BCUT2D eigenvalue weighted by Crippen LogP contribution is 1.93. The molecule has 0 spiro atoms. The molecule has 4 N–H and O–H groups in total. The first-order chi connectivity index (χ1) is 6.15. The number of allylic oxidation sites excluding steroid dienone is 2. The van der Waals surface area contributed by atoms with Crippen LogP contribution in [0, 0.1) is 22.7 Å². The van der Waals surface area contributed by atoms with Crippen LogP contribution < -0.4 is 11.1 Å². The third kappa shape index (κ3) is 3.90. The molecule has 0 aromatic carbocycles. The number of hydrogen-bond acceptors (Lipinski definition) is 3. The predicted molar refractivity (Wildman–Crippen MR) is 44.2 cm³/mol. The van der Waals surface area contributed by atoms with Gasteiger partial charge in [-0.25, -0.2) is 0 Å². The van der Waals surface area contributed by atoms with Gasteiger partial charge in [-0.2, -0.15) is 10.5 Å². The first kappa shape index (κ1) is 11.2. The van der Waals surface area contributed by atoms with Gasteiger partial charge in [-0.3, -0.25) is 4.79 Å². The lowest BCUT2D eigenvalue weighted by atomic mass is 10.3. The maximum absolute atomic E-state index is 11.0. The van der Waals surface area contributed by atoms with E-state index in [1.165, 1.54) is 0 Å². The molecule has 1 amide bonds. The van der Waals surface area contributed by atoms with Gasteiger partial charge in [0.25, 0.3) is 0 Å². The number of amides is 1. The van der Waals surface area contributed by atoms with Gasteiger partial charge in [-0.15, -0.1) is 0 Å². The van der Waals surface area contributed by atoms with Crippen LogP contribution in [-0.2, 0) is 4.79 Å². The normalized spacial score (nSPS) is 10.8. The molecule has 0 aromatic heterocycles. The molecular formula is C8H11N4O+. The van der Waals surface area contributed by atoms with Crippen molar-refractivity contribution in [1.29, 1.82) is 10.5 Å². The summed E-state index contributed by atoms with van der Waals surface area (Å²) >= 11 is 0. The van der Waals surface area contributed by atoms with Crippen LogP contribution >= 0.6 is 0 Å². The summed E-state index contributed by atoms with van der Waals surface area (Å²) < 4.78 is 0. The van der Waals surface area contributed by atoms with Crippen LogP contribution in [0.25, 0.3) is 0 Å². The zero-order chi connectivity index (χ0) is 10.3. The molecule has 5 nitrogen and oxygen atoms in total. The van der Waals surface area contributed by atoms with E-state index in [4.69, 9.17) is 10.5 Å². The summed E-state index contributed by atoms with van der Waals surface area (Å²) in [6, 6.07) is 3.40. The van der Waals surface area contributed by atoms with E-state index in [-0.39, 0.29) is 17.3 Å². The second-order valence-electron chi connectivity index (χ2n) is 2.38. The molecule has 5 heteroatoms. The molecule has 0 atom stereocenters. The lowest BCUT2D eigenvalue weighted by Gasteiger charge is -1.99. The molecule has 0 bridgehead atoms. The molecular weight excluding hydrogens is 168 g/mol. The fourth-order valence-corrected chi connectivity index (χ4v) is 0.656. The predicted octanol–water partition coefficient (Wildman–Crippen LogP) is -0.597. The Labute approximate surface area is 76.4 Å². The van der Waals surface area contributed by atoms with E-state index in [1.54, 1.807) is 12.1 Å². The van der Waals surface area contributed by atoms with Crippen LogP contribution in [0.3, 0.4) is 0 Å². The quantitative estimate of drug-likeness (QED) is 0.565. The van der Waals surface area contributed by atoms with Crippen molar-refractivity contribution in [1.82, 2.24) is 5.32 Å². The molecule has 0 radical (unpaired) electrons. The Morgan fingerprint density at radius 3 is 2.46 bits per heavy atom. The number of rotatable bonds is 3. The average molecular weight is 179 g/mol. The Morgan fingerprint density at radius 1 is 1.46 bits per heavy atom. The van der Waals surface area contributed by atoms with Crippen molar-refractivity contribution in [3.8, 4) is 12.1 Å². The van der Waals surface area contributed by atoms with Crippen LogP contribution in [0.5, 0.6) is 0 Å². The minimum absolute atomic E-state index is 0.0213. The fraction of sp³-hybridized carbons (Fsp3) is 0.375. The molecule has 0 aliphatic rings. The third-order valence-electron chi connectivity index (χ3n) is 1.29. The van der Waals surface area contributed by atoms with Gasteiger partial charge in [0.05, 0.1) is 0 Å². The molecule has 0 unspecified atom stereocenters. The molecule has 0 aliphatic heterocycles.